The zero-order chi connectivity index (χ0) is 16.7. The highest BCUT2D eigenvalue weighted by atomic mass is 35.5. The molecule has 2 rings (SSSR count). The number of rotatable bonds is 5. The van der Waals surface area contributed by atoms with E-state index in [0.29, 0.717) is 6.04 Å². The van der Waals surface area contributed by atoms with E-state index in [1.165, 1.54) is 5.56 Å². The summed E-state index contributed by atoms with van der Waals surface area (Å²) in [5, 5.41) is 7.48. The van der Waals surface area contributed by atoms with Crippen molar-refractivity contribution in [3.8, 4) is 0 Å². The van der Waals surface area contributed by atoms with E-state index < -0.39 is 0 Å². The first-order valence-corrected chi connectivity index (χ1v) is 8.82. The van der Waals surface area contributed by atoms with E-state index in [4.69, 9.17) is 21.3 Å². The summed E-state index contributed by atoms with van der Waals surface area (Å²) < 4.78 is 5.58. The molecule has 0 bridgehead atoms. The van der Waals surface area contributed by atoms with Crippen molar-refractivity contribution in [1.29, 1.82) is 0 Å². The largest absolute Gasteiger partial charge is 0.381 e. The van der Waals surface area contributed by atoms with Crippen LogP contribution in [0.1, 0.15) is 39.2 Å². The molecule has 1 aliphatic heterocycles. The lowest BCUT2D eigenvalue weighted by Crippen LogP contribution is -2.43. The van der Waals surface area contributed by atoms with E-state index in [2.05, 4.69) is 43.5 Å². The molecule has 0 atom stereocenters. The summed E-state index contributed by atoms with van der Waals surface area (Å²) in [5.74, 6) is 0.871. The molecule has 1 heterocycles. The van der Waals surface area contributed by atoms with Gasteiger partial charge in [0.05, 0.1) is 6.54 Å². The van der Waals surface area contributed by atoms with E-state index >= 15 is 0 Å². The normalized spacial score (nSPS) is 18.0. The molecular weight excluding hydrogens is 310 g/mol. The van der Waals surface area contributed by atoms with Crippen molar-refractivity contribution in [2.45, 2.75) is 45.1 Å². The van der Waals surface area contributed by atoms with Crippen molar-refractivity contribution in [2.24, 2.45) is 4.99 Å². The second kappa shape index (κ2) is 8.55. The zero-order valence-electron chi connectivity index (χ0n) is 14.4. The van der Waals surface area contributed by atoms with Gasteiger partial charge in [0, 0.05) is 36.2 Å². The summed E-state index contributed by atoms with van der Waals surface area (Å²) in [5.41, 5.74) is 1.26. The fourth-order valence-corrected chi connectivity index (χ4v) is 3.13. The van der Waals surface area contributed by atoms with Gasteiger partial charge in [-0.05, 0) is 51.3 Å². The van der Waals surface area contributed by atoms with Crippen LogP contribution in [0.15, 0.2) is 29.3 Å². The monoisotopic (exact) mass is 337 g/mol. The number of hydrogen-bond acceptors (Lipinski definition) is 2. The van der Waals surface area contributed by atoms with Crippen LogP contribution in [0.3, 0.4) is 0 Å². The fourth-order valence-electron chi connectivity index (χ4n) is 2.94. The van der Waals surface area contributed by atoms with Crippen LogP contribution in [0.25, 0.3) is 0 Å². The van der Waals surface area contributed by atoms with Crippen molar-refractivity contribution >= 4 is 17.6 Å². The van der Waals surface area contributed by atoms with Gasteiger partial charge in [-0.2, -0.15) is 0 Å². The highest BCUT2D eigenvalue weighted by molar-refractivity contribution is 6.30. The summed E-state index contributed by atoms with van der Waals surface area (Å²) >= 11 is 6.22. The minimum atomic E-state index is 0.00246. The smallest absolute Gasteiger partial charge is 0.191 e. The van der Waals surface area contributed by atoms with Gasteiger partial charge in [0.2, 0.25) is 0 Å². The Kier molecular flexibility index (Phi) is 6.72. The maximum Gasteiger partial charge on any atom is 0.191 e. The lowest BCUT2D eigenvalue weighted by molar-refractivity contribution is 0.0531. The van der Waals surface area contributed by atoms with Gasteiger partial charge in [0.15, 0.2) is 5.96 Å². The number of aliphatic imine (C=N–C) groups is 1. The fraction of sp³-hybridized carbons (Fsp3) is 0.611. The average Bonchev–Trinajstić information content (AvgIpc) is 2.53. The number of nitrogens with zero attached hydrogens (tertiary/aromatic N) is 1. The number of ether oxygens (including phenoxy) is 1. The lowest BCUT2D eigenvalue weighted by atomic mass is 9.74. The molecule has 1 aromatic carbocycles. The molecule has 1 aliphatic rings. The Labute approximate surface area is 144 Å². The van der Waals surface area contributed by atoms with Gasteiger partial charge in [0.25, 0.3) is 0 Å². The minimum absolute atomic E-state index is 0.00246. The van der Waals surface area contributed by atoms with Gasteiger partial charge in [-0.15, -0.1) is 0 Å². The van der Waals surface area contributed by atoms with E-state index in [1.54, 1.807) is 0 Å². The van der Waals surface area contributed by atoms with Gasteiger partial charge in [0.1, 0.15) is 0 Å². The van der Waals surface area contributed by atoms with Crippen LogP contribution in [0.4, 0.5) is 0 Å². The predicted octanol–water partition coefficient (Wildman–Crippen LogP) is 3.35. The summed E-state index contributed by atoms with van der Waals surface area (Å²) in [4.78, 5) is 4.85. The van der Waals surface area contributed by atoms with E-state index in [-0.39, 0.29) is 5.41 Å². The molecule has 23 heavy (non-hydrogen) atoms. The SMILES string of the molecule is CCNC(=NCC1(c2cccc(Cl)c2)CCOCC1)NC(C)C. The molecule has 1 aromatic rings. The number of benzene rings is 1. The molecule has 0 radical (unpaired) electrons. The van der Waals surface area contributed by atoms with Crippen molar-refractivity contribution in [3.05, 3.63) is 34.9 Å². The van der Waals surface area contributed by atoms with Crippen LogP contribution in [0.5, 0.6) is 0 Å². The first-order valence-electron chi connectivity index (χ1n) is 8.44. The van der Waals surface area contributed by atoms with Gasteiger partial charge >= 0.3 is 0 Å². The number of guanidine groups is 1. The molecular formula is C18H28ClN3O. The minimum Gasteiger partial charge on any atom is -0.381 e. The third-order valence-corrected chi connectivity index (χ3v) is 4.43. The van der Waals surface area contributed by atoms with Crippen LogP contribution in [-0.2, 0) is 10.2 Å². The molecule has 0 aliphatic carbocycles. The third kappa shape index (κ3) is 5.11. The van der Waals surface area contributed by atoms with Crippen LogP contribution >= 0.6 is 11.6 Å². The standard InChI is InChI=1S/C18H28ClN3O/c1-4-20-17(22-14(2)3)21-13-18(8-10-23-11-9-18)15-6-5-7-16(19)12-15/h5-7,12,14H,4,8-11,13H2,1-3H3,(H2,20,21,22). The summed E-state index contributed by atoms with van der Waals surface area (Å²) in [7, 11) is 0. The molecule has 0 amide bonds. The van der Waals surface area contributed by atoms with Crippen LogP contribution < -0.4 is 10.6 Å². The highest BCUT2D eigenvalue weighted by Gasteiger charge is 2.34. The molecule has 1 fully saturated rings. The molecule has 0 spiro atoms. The topological polar surface area (TPSA) is 45.7 Å². The second-order valence-electron chi connectivity index (χ2n) is 6.40. The zero-order valence-corrected chi connectivity index (χ0v) is 15.1. The second-order valence-corrected chi connectivity index (χ2v) is 6.83. The quantitative estimate of drug-likeness (QED) is 0.639. The first-order chi connectivity index (χ1) is 11.1. The van der Waals surface area contributed by atoms with Crippen molar-refractivity contribution in [3.63, 3.8) is 0 Å². The summed E-state index contributed by atoms with van der Waals surface area (Å²) in [6.45, 7) is 9.46. The maximum atomic E-state index is 6.22. The predicted molar refractivity (Wildman–Crippen MR) is 97.4 cm³/mol. The van der Waals surface area contributed by atoms with Gasteiger partial charge in [-0.1, -0.05) is 23.7 Å². The van der Waals surface area contributed by atoms with Gasteiger partial charge in [-0.25, -0.2) is 0 Å². The molecule has 0 unspecified atom stereocenters. The molecule has 128 valence electrons. The van der Waals surface area contributed by atoms with Gasteiger partial charge in [-0.3, -0.25) is 4.99 Å². The highest BCUT2D eigenvalue weighted by Crippen LogP contribution is 2.36. The van der Waals surface area contributed by atoms with Crippen molar-refractivity contribution in [1.82, 2.24) is 10.6 Å². The van der Waals surface area contributed by atoms with Gasteiger partial charge < -0.3 is 15.4 Å². The number of halogens is 1. The van der Waals surface area contributed by atoms with Crippen LogP contribution in [0.2, 0.25) is 5.02 Å². The Morgan fingerprint density at radius 2 is 2.09 bits per heavy atom. The van der Waals surface area contributed by atoms with Crippen molar-refractivity contribution in [2.75, 3.05) is 26.3 Å². The Morgan fingerprint density at radius 1 is 1.35 bits per heavy atom. The number of nitrogens with one attached hydrogen (secondary N) is 2. The lowest BCUT2D eigenvalue weighted by Gasteiger charge is -2.37. The Balaban J connectivity index is 2.24. The maximum absolute atomic E-state index is 6.22. The Bertz CT molecular complexity index is 525. The molecule has 0 aromatic heterocycles. The van der Waals surface area contributed by atoms with Crippen LogP contribution in [-0.4, -0.2) is 38.3 Å². The van der Waals surface area contributed by atoms with E-state index in [0.717, 1.165) is 50.1 Å². The van der Waals surface area contributed by atoms with Crippen LogP contribution in [0, 0.1) is 0 Å². The van der Waals surface area contributed by atoms with Crippen molar-refractivity contribution < 1.29 is 4.74 Å². The average molecular weight is 338 g/mol. The third-order valence-electron chi connectivity index (χ3n) is 4.20. The first kappa shape index (κ1) is 18.1. The Morgan fingerprint density at radius 3 is 2.70 bits per heavy atom. The number of hydrogen-bond donors (Lipinski definition) is 2. The molecule has 4 nitrogen and oxygen atoms in total. The van der Waals surface area contributed by atoms with E-state index in [1.807, 2.05) is 12.1 Å². The summed E-state index contributed by atoms with van der Waals surface area (Å²) in [6, 6.07) is 8.53. The molecule has 1 saturated heterocycles. The molecule has 2 N–H and O–H groups in total. The molecule has 0 saturated carbocycles. The molecule has 5 heteroatoms. The summed E-state index contributed by atoms with van der Waals surface area (Å²) in [6.07, 6.45) is 1.94. The van der Waals surface area contributed by atoms with E-state index in [9.17, 15) is 0 Å². The Hall–Kier alpha value is -1.26.